The Kier molecular flexibility index (Phi) is 2.94. The summed E-state index contributed by atoms with van der Waals surface area (Å²) >= 11 is 0. The minimum absolute atomic E-state index is 0.0581. The SMILES string of the molecule is COC1=CC(OC)C=CC(N)=C1. The molecule has 1 aliphatic rings. The molecule has 3 nitrogen and oxygen atoms in total. The fraction of sp³-hybridized carbons (Fsp3) is 0.333. The summed E-state index contributed by atoms with van der Waals surface area (Å²) in [6.45, 7) is 0. The Morgan fingerprint density at radius 1 is 1.42 bits per heavy atom. The molecule has 2 N–H and O–H groups in total. The molecule has 3 heteroatoms. The molecule has 1 atom stereocenters. The van der Waals surface area contributed by atoms with Crippen LogP contribution in [-0.2, 0) is 9.47 Å². The minimum atomic E-state index is -0.0581. The Bertz CT molecular complexity index is 241. The summed E-state index contributed by atoms with van der Waals surface area (Å²) < 4.78 is 10.2. The monoisotopic (exact) mass is 167 g/mol. The highest BCUT2D eigenvalue weighted by Crippen LogP contribution is 2.10. The van der Waals surface area contributed by atoms with E-state index in [0.717, 1.165) is 5.76 Å². The van der Waals surface area contributed by atoms with Crippen molar-refractivity contribution in [2.45, 2.75) is 6.10 Å². The maximum atomic E-state index is 5.62. The number of hydrogen-bond donors (Lipinski definition) is 1. The summed E-state index contributed by atoms with van der Waals surface area (Å²) in [6, 6.07) is 0. The van der Waals surface area contributed by atoms with Gasteiger partial charge in [-0.1, -0.05) is 0 Å². The fourth-order valence-electron chi connectivity index (χ4n) is 0.957. The molecule has 0 aliphatic heterocycles. The molecule has 0 aromatic rings. The van der Waals surface area contributed by atoms with Crippen LogP contribution >= 0.6 is 0 Å². The van der Waals surface area contributed by atoms with E-state index in [1.807, 2.05) is 12.2 Å². The average Bonchev–Trinajstić information content (AvgIpc) is 2.26. The molecule has 0 spiro atoms. The van der Waals surface area contributed by atoms with Crippen LogP contribution in [0.1, 0.15) is 0 Å². The van der Waals surface area contributed by atoms with Gasteiger partial charge in [0.25, 0.3) is 0 Å². The highest BCUT2D eigenvalue weighted by atomic mass is 16.5. The molecule has 12 heavy (non-hydrogen) atoms. The first-order chi connectivity index (χ1) is 5.76. The average molecular weight is 167 g/mol. The van der Waals surface area contributed by atoms with Crippen LogP contribution in [0.15, 0.2) is 35.8 Å². The van der Waals surface area contributed by atoms with E-state index in [-0.39, 0.29) is 6.10 Å². The van der Waals surface area contributed by atoms with Crippen LogP contribution in [0, 0.1) is 0 Å². The Morgan fingerprint density at radius 2 is 2.17 bits per heavy atom. The van der Waals surface area contributed by atoms with Gasteiger partial charge in [0.1, 0.15) is 5.76 Å². The van der Waals surface area contributed by atoms with Crippen LogP contribution < -0.4 is 5.73 Å². The lowest BCUT2D eigenvalue weighted by Gasteiger charge is -2.05. The van der Waals surface area contributed by atoms with Crippen molar-refractivity contribution in [3.05, 3.63) is 35.8 Å². The zero-order chi connectivity index (χ0) is 8.97. The molecule has 1 aliphatic carbocycles. The van der Waals surface area contributed by atoms with Crippen molar-refractivity contribution < 1.29 is 9.47 Å². The van der Waals surface area contributed by atoms with E-state index >= 15 is 0 Å². The smallest absolute Gasteiger partial charge is 0.119 e. The van der Waals surface area contributed by atoms with Crippen LogP contribution in [0.5, 0.6) is 0 Å². The molecular formula is C9H13NO2. The topological polar surface area (TPSA) is 44.5 Å². The van der Waals surface area contributed by atoms with E-state index in [0.29, 0.717) is 5.70 Å². The molecule has 1 unspecified atom stereocenters. The quantitative estimate of drug-likeness (QED) is 0.665. The van der Waals surface area contributed by atoms with E-state index in [2.05, 4.69) is 0 Å². The highest BCUT2D eigenvalue weighted by molar-refractivity contribution is 5.30. The van der Waals surface area contributed by atoms with E-state index < -0.39 is 0 Å². The van der Waals surface area contributed by atoms with Gasteiger partial charge in [-0.25, -0.2) is 0 Å². The third-order valence-electron chi connectivity index (χ3n) is 1.62. The number of hydrogen-bond acceptors (Lipinski definition) is 3. The third-order valence-corrected chi connectivity index (χ3v) is 1.62. The Hall–Kier alpha value is -1.22. The summed E-state index contributed by atoms with van der Waals surface area (Å²) in [6.07, 6.45) is 7.23. The zero-order valence-corrected chi connectivity index (χ0v) is 7.28. The van der Waals surface area contributed by atoms with E-state index in [1.54, 1.807) is 26.4 Å². The van der Waals surface area contributed by atoms with Gasteiger partial charge < -0.3 is 15.2 Å². The summed E-state index contributed by atoms with van der Waals surface area (Å²) in [5.41, 5.74) is 6.28. The lowest BCUT2D eigenvalue weighted by molar-refractivity contribution is 0.172. The number of rotatable bonds is 2. The number of methoxy groups -OCH3 is 2. The van der Waals surface area contributed by atoms with Gasteiger partial charge in [-0.05, 0) is 18.2 Å². The van der Waals surface area contributed by atoms with Crippen LogP contribution in [-0.4, -0.2) is 20.3 Å². The lowest BCUT2D eigenvalue weighted by Crippen LogP contribution is -2.02. The summed E-state index contributed by atoms with van der Waals surface area (Å²) in [4.78, 5) is 0. The Balaban J connectivity index is 2.84. The van der Waals surface area contributed by atoms with Crippen molar-refractivity contribution >= 4 is 0 Å². The molecule has 66 valence electrons. The summed E-state index contributed by atoms with van der Waals surface area (Å²) in [7, 11) is 3.24. The standard InChI is InChI=1S/C9H13NO2/c1-11-8-4-3-7(10)5-9(6-8)12-2/h3-6,8H,10H2,1-2H3. The fourth-order valence-corrected chi connectivity index (χ4v) is 0.957. The second kappa shape index (κ2) is 3.97. The molecule has 0 bridgehead atoms. The van der Waals surface area contributed by atoms with Gasteiger partial charge in [0.2, 0.25) is 0 Å². The number of ether oxygens (including phenoxy) is 2. The second-order valence-corrected chi connectivity index (χ2v) is 2.48. The van der Waals surface area contributed by atoms with Gasteiger partial charge in [0.05, 0.1) is 13.2 Å². The normalized spacial score (nSPS) is 22.7. The van der Waals surface area contributed by atoms with Crippen LogP contribution in [0.3, 0.4) is 0 Å². The first-order valence-electron chi connectivity index (χ1n) is 3.70. The Morgan fingerprint density at radius 3 is 2.75 bits per heavy atom. The van der Waals surface area contributed by atoms with Crippen LogP contribution in [0.4, 0.5) is 0 Å². The largest absolute Gasteiger partial charge is 0.497 e. The van der Waals surface area contributed by atoms with Gasteiger partial charge in [-0.15, -0.1) is 0 Å². The van der Waals surface area contributed by atoms with E-state index in [9.17, 15) is 0 Å². The van der Waals surface area contributed by atoms with Crippen molar-refractivity contribution in [1.29, 1.82) is 0 Å². The molecule has 0 amide bonds. The lowest BCUT2D eigenvalue weighted by atomic mass is 10.3. The first kappa shape index (κ1) is 8.87. The molecule has 1 rings (SSSR count). The maximum absolute atomic E-state index is 5.62. The van der Waals surface area contributed by atoms with Gasteiger partial charge in [0, 0.05) is 18.9 Å². The maximum Gasteiger partial charge on any atom is 0.119 e. The predicted octanol–water partition coefficient (Wildman–Crippen LogP) is 0.944. The number of allylic oxidation sites excluding steroid dienone is 2. The van der Waals surface area contributed by atoms with Crippen LogP contribution in [0.2, 0.25) is 0 Å². The van der Waals surface area contributed by atoms with Crippen molar-refractivity contribution in [3.8, 4) is 0 Å². The van der Waals surface area contributed by atoms with Gasteiger partial charge in [0.15, 0.2) is 0 Å². The van der Waals surface area contributed by atoms with Gasteiger partial charge in [-0.2, -0.15) is 0 Å². The van der Waals surface area contributed by atoms with Crippen LogP contribution in [0.25, 0.3) is 0 Å². The molecule has 0 aromatic carbocycles. The molecule has 0 saturated heterocycles. The van der Waals surface area contributed by atoms with Crippen molar-refractivity contribution in [2.75, 3.05) is 14.2 Å². The molecule has 0 radical (unpaired) electrons. The van der Waals surface area contributed by atoms with Crippen molar-refractivity contribution in [3.63, 3.8) is 0 Å². The molecular weight excluding hydrogens is 154 g/mol. The first-order valence-corrected chi connectivity index (χ1v) is 3.70. The molecule has 0 saturated carbocycles. The highest BCUT2D eigenvalue weighted by Gasteiger charge is 2.04. The second-order valence-electron chi connectivity index (χ2n) is 2.48. The van der Waals surface area contributed by atoms with Crippen molar-refractivity contribution in [2.24, 2.45) is 5.73 Å². The third kappa shape index (κ3) is 2.13. The molecule has 0 fully saturated rings. The Labute approximate surface area is 72.2 Å². The van der Waals surface area contributed by atoms with Gasteiger partial charge in [-0.3, -0.25) is 0 Å². The number of nitrogens with two attached hydrogens (primary N) is 1. The van der Waals surface area contributed by atoms with Crippen molar-refractivity contribution in [1.82, 2.24) is 0 Å². The van der Waals surface area contributed by atoms with E-state index in [1.165, 1.54) is 0 Å². The molecule has 0 heterocycles. The molecule has 0 aromatic heterocycles. The van der Waals surface area contributed by atoms with Gasteiger partial charge >= 0.3 is 0 Å². The summed E-state index contributed by atoms with van der Waals surface area (Å²) in [5, 5.41) is 0. The predicted molar refractivity (Wildman–Crippen MR) is 47.3 cm³/mol. The minimum Gasteiger partial charge on any atom is -0.497 e. The van der Waals surface area contributed by atoms with E-state index in [4.69, 9.17) is 15.2 Å². The zero-order valence-electron chi connectivity index (χ0n) is 7.28. The summed E-state index contributed by atoms with van der Waals surface area (Å²) in [5.74, 6) is 0.726.